The summed E-state index contributed by atoms with van der Waals surface area (Å²) >= 11 is 0. The van der Waals surface area contributed by atoms with Crippen LogP contribution in [-0.4, -0.2) is 30.5 Å². The number of ether oxygens (including phenoxy) is 1. The summed E-state index contributed by atoms with van der Waals surface area (Å²) in [5.41, 5.74) is -0.904. The van der Waals surface area contributed by atoms with Gasteiger partial charge in [-0.2, -0.15) is 22.0 Å². The van der Waals surface area contributed by atoms with Gasteiger partial charge in [0, 0.05) is 5.56 Å². The van der Waals surface area contributed by atoms with E-state index in [9.17, 15) is 31.5 Å². The molecule has 110 valence electrons. The van der Waals surface area contributed by atoms with Crippen LogP contribution in [0.4, 0.5) is 22.0 Å². The monoisotopic (exact) mass is 296 g/mol. The minimum Gasteiger partial charge on any atom is -0.462 e. The minimum atomic E-state index is -5.97. The summed E-state index contributed by atoms with van der Waals surface area (Å²) in [5.74, 6) is -8.62. The van der Waals surface area contributed by atoms with E-state index in [0.717, 1.165) is 12.1 Å². The molecule has 1 aromatic carbocycles. The van der Waals surface area contributed by atoms with Crippen LogP contribution in [0.1, 0.15) is 27.6 Å². The largest absolute Gasteiger partial charge is 0.462 e. The summed E-state index contributed by atoms with van der Waals surface area (Å²) in [5, 5.41) is 0. The summed E-state index contributed by atoms with van der Waals surface area (Å²) < 4.78 is 66.3. The Bertz CT molecular complexity index is 505. The molecule has 0 saturated carbocycles. The van der Waals surface area contributed by atoms with Crippen LogP contribution in [0.3, 0.4) is 0 Å². The van der Waals surface area contributed by atoms with Crippen LogP contribution in [0.25, 0.3) is 0 Å². The van der Waals surface area contributed by atoms with Crippen molar-refractivity contribution in [1.29, 1.82) is 0 Å². The molecule has 0 saturated heterocycles. The third kappa shape index (κ3) is 3.12. The van der Waals surface area contributed by atoms with Crippen LogP contribution in [-0.2, 0) is 4.74 Å². The number of benzene rings is 1. The van der Waals surface area contributed by atoms with E-state index >= 15 is 0 Å². The lowest BCUT2D eigenvalue weighted by atomic mass is 10.0. The van der Waals surface area contributed by atoms with Crippen molar-refractivity contribution in [3.8, 4) is 0 Å². The van der Waals surface area contributed by atoms with E-state index in [4.69, 9.17) is 0 Å². The van der Waals surface area contributed by atoms with E-state index in [1.165, 1.54) is 0 Å². The maximum absolute atomic E-state index is 12.8. The molecule has 0 atom stereocenters. The van der Waals surface area contributed by atoms with Gasteiger partial charge in [-0.05, 0) is 19.1 Å². The zero-order valence-electron chi connectivity index (χ0n) is 10.1. The predicted molar refractivity (Wildman–Crippen MR) is 57.7 cm³/mol. The van der Waals surface area contributed by atoms with Gasteiger partial charge in [-0.15, -0.1) is 0 Å². The number of carbonyl (C=O) groups excluding carboxylic acids is 2. The van der Waals surface area contributed by atoms with E-state index in [2.05, 4.69) is 4.74 Å². The Morgan fingerprint density at radius 2 is 1.45 bits per heavy atom. The zero-order valence-corrected chi connectivity index (χ0v) is 10.1. The summed E-state index contributed by atoms with van der Waals surface area (Å²) in [6.07, 6.45) is -5.97. The number of alkyl halides is 5. The van der Waals surface area contributed by atoms with E-state index < -0.39 is 29.4 Å². The molecule has 0 aliphatic rings. The average molecular weight is 296 g/mol. The number of Topliss-reactive ketones (excluding diaryl/α,β-unsaturated/α-hetero) is 1. The van der Waals surface area contributed by atoms with Crippen LogP contribution in [0, 0.1) is 0 Å². The number of ketones is 1. The highest BCUT2D eigenvalue weighted by Crippen LogP contribution is 2.37. The molecule has 0 unspecified atom stereocenters. The van der Waals surface area contributed by atoms with Gasteiger partial charge >= 0.3 is 18.1 Å². The molecule has 0 amide bonds. The summed E-state index contributed by atoms with van der Waals surface area (Å²) in [6.45, 7) is 1.62. The van der Waals surface area contributed by atoms with E-state index in [-0.39, 0.29) is 12.2 Å². The third-order valence-corrected chi connectivity index (χ3v) is 2.30. The second kappa shape index (κ2) is 5.56. The van der Waals surface area contributed by atoms with Crippen molar-refractivity contribution in [2.75, 3.05) is 6.61 Å². The summed E-state index contributed by atoms with van der Waals surface area (Å²) in [4.78, 5) is 22.4. The van der Waals surface area contributed by atoms with Gasteiger partial charge in [-0.1, -0.05) is 12.1 Å². The molecule has 3 nitrogen and oxygen atoms in total. The van der Waals surface area contributed by atoms with Crippen molar-refractivity contribution >= 4 is 11.8 Å². The number of hydrogen-bond acceptors (Lipinski definition) is 3. The average Bonchev–Trinajstić information content (AvgIpc) is 2.37. The fraction of sp³-hybridized carbons (Fsp3) is 0.333. The molecule has 0 fully saturated rings. The van der Waals surface area contributed by atoms with E-state index in [1.54, 1.807) is 6.92 Å². The molecule has 0 bridgehead atoms. The lowest BCUT2D eigenvalue weighted by Gasteiger charge is -2.18. The van der Waals surface area contributed by atoms with Crippen molar-refractivity contribution in [2.45, 2.75) is 19.0 Å². The molecule has 0 spiro atoms. The van der Waals surface area contributed by atoms with Gasteiger partial charge in [0.05, 0.1) is 12.2 Å². The second-order valence-electron chi connectivity index (χ2n) is 3.70. The fourth-order valence-corrected chi connectivity index (χ4v) is 1.28. The van der Waals surface area contributed by atoms with E-state index in [1.807, 2.05) is 0 Å². The molecule has 0 N–H and O–H groups in total. The van der Waals surface area contributed by atoms with Gasteiger partial charge in [-0.25, -0.2) is 4.79 Å². The fourth-order valence-electron chi connectivity index (χ4n) is 1.28. The topological polar surface area (TPSA) is 43.4 Å². The number of esters is 1. The van der Waals surface area contributed by atoms with Crippen molar-refractivity contribution in [2.24, 2.45) is 0 Å². The molecule has 0 aromatic heterocycles. The smallest absolute Gasteiger partial charge is 0.461 e. The van der Waals surface area contributed by atoms with Crippen LogP contribution < -0.4 is 0 Å². The lowest BCUT2D eigenvalue weighted by Crippen LogP contribution is -2.44. The van der Waals surface area contributed by atoms with Crippen LogP contribution >= 0.6 is 0 Å². The first-order chi connectivity index (χ1) is 9.11. The van der Waals surface area contributed by atoms with E-state index in [0.29, 0.717) is 12.1 Å². The Morgan fingerprint density at radius 1 is 1.00 bits per heavy atom. The highest BCUT2D eigenvalue weighted by atomic mass is 19.4. The normalized spacial score (nSPS) is 12.1. The maximum atomic E-state index is 12.8. The first-order valence-electron chi connectivity index (χ1n) is 5.37. The Balaban J connectivity index is 3.00. The predicted octanol–water partition coefficient (Wildman–Crippen LogP) is 3.24. The first kappa shape index (κ1) is 16.1. The van der Waals surface area contributed by atoms with Crippen LogP contribution in [0.5, 0.6) is 0 Å². The van der Waals surface area contributed by atoms with Crippen molar-refractivity contribution in [1.82, 2.24) is 0 Å². The molecule has 0 aliphatic heterocycles. The zero-order chi connectivity index (χ0) is 15.6. The van der Waals surface area contributed by atoms with Crippen molar-refractivity contribution in [3.05, 3.63) is 35.4 Å². The molecule has 0 aliphatic carbocycles. The summed E-state index contributed by atoms with van der Waals surface area (Å²) in [7, 11) is 0. The van der Waals surface area contributed by atoms with Gasteiger partial charge in [0.15, 0.2) is 0 Å². The third-order valence-electron chi connectivity index (χ3n) is 2.30. The molecule has 1 aromatic rings. The quantitative estimate of drug-likeness (QED) is 0.486. The number of rotatable bonds is 4. The Kier molecular flexibility index (Phi) is 4.46. The highest BCUT2D eigenvalue weighted by Gasteiger charge is 2.63. The minimum absolute atomic E-state index is 0.0567. The van der Waals surface area contributed by atoms with Crippen molar-refractivity contribution < 1.29 is 36.3 Å². The SMILES string of the molecule is CCOC(=O)c1ccc(C(=O)C(F)(F)C(F)(F)F)cc1. The lowest BCUT2D eigenvalue weighted by molar-refractivity contribution is -0.255. The first-order valence-corrected chi connectivity index (χ1v) is 5.37. The summed E-state index contributed by atoms with van der Waals surface area (Å²) in [6, 6.07) is 3.32. The molecule has 0 radical (unpaired) electrons. The van der Waals surface area contributed by atoms with Crippen LogP contribution in [0.15, 0.2) is 24.3 Å². The highest BCUT2D eigenvalue weighted by molar-refractivity contribution is 6.02. The Labute approximate surface area is 110 Å². The number of hydrogen-bond donors (Lipinski definition) is 0. The molecule has 0 heterocycles. The second-order valence-corrected chi connectivity index (χ2v) is 3.70. The molecule has 20 heavy (non-hydrogen) atoms. The standard InChI is InChI=1S/C12H9F5O3/c1-2-20-10(19)8-5-3-7(4-6-8)9(18)11(13,14)12(15,16)17/h3-6H,2H2,1H3. The molecule has 1 rings (SSSR count). The van der Waals surface area contributed by atoms with Gasteiger partial charge in [0.2, 0.25) is 5.78 Å². The Hall–Kier alpha value is -1.99. The molecule has 8 heteroatoms. The number of carbonyl (C=O) groups is 2. The van der Waals surface area contributed by atoms with Crippen LogP contribution in [0.2, 0.25) is 0 Å². The van der Waals surface area contributed by atoms with Gasteiger partial charge < -0.3 is 4.74 Å². The number of halogens is 5. The van der Waals surface area contributed by atoms with Crippen molar-refractivity contribution in [3.63, 3.8) is 0 Å². The molecular weight excluding hydrogens is 287 g/mol. The maximum Gasteiger partial charge on any atom is 0.461 e. The Morgan fingerprint density at radius 3 is 1.85 bits per heavy atom. The molecular formula is C12H9F5O3. The van der Waals surface area contributed by atoms with Gasteiger partial charge in [0.1, 0.15) is 0 Å². The van der Waals surface area contributed by atoms with Gasteiger partial charge in [-0.3, -0.25) is 4.79 Å². The van der Waals surface area contributed by atoms with Gasteiger partial charge in [0.25, 0.3) is 0 Å².